The first kappa shape index (κ1) is 16.7. The number of nitrogens with one attached hydrogen (secondary N) is 3. The number of aromatic amines is 2. The van der Waals surface area contributed by atoms with Crippen LogP contribution >= 0.6 is 0 Å². The third-order valence-corrected chi connectivity index (χ3v) is 4.22. The fourth-order valence-electron chi connectivity index (χ4n) is 2.76. The molecule has 4 aromatic rings. The SMILES string of the molecule is CC(NC(=O)c1cc(-c2nn[nH]n2)c[nH]1)c1cnn(Cc2ccccc2)c1. The molecule has 9 heteroatoms. The van der Waals surface area contributed by atoms with Gasteiger partial charge in [-0.25, -0.2) is 0 Å². The second kappa shape index (κ2) is 7.24. The van der Waals surface area contributed by atoms with E-state index in [0.29, 0.717) is 23.6 Å². The monoisotopic (exact) mass is 362 g/mol. The van der Waals surface area contributed by atoms with Crippen molar-refractivity contribution >= 4 is 5.91 Å². The van der Waals surface area contributed by atoms with Crippen LogP contribution in [-0.2, 0) is 6.54 Å². The van der Waals surface area contributed by atoms with E-state index < -0.39 is 0 Å². The Hall–Kier alpha value is -3.75. The van der Waals surface area contributed by atoms with Crippen LogP contribution in [0.15, 0.2) is 55.0 Å². The van der Waals surface area contributed by atoms with Gasteiger partial charge in [0.25, 0.3) is 5.91 Å². The second-order valence-corrected chi connectivity index (χ2v) is 6.19. The molecule has 0 radical (unpaired) electrons. The summed E-state index contributed by atoms with van der Waals surface area (Å²) in [5.74, 6) is 0.216. The van der Waals surface area contributed by atoms with Gasteiger partial charge in [0, 0.05) is 23.5 Å². The van der Waals surface area contributed by atoms with Gasteiger partial charge in [0.2, 0.25) is 5.82 Å². The summed E-state index contributed by atoms with van der Waals surface area (Å²) < 4.78 is 1.86. The van der Waals surface area contributed by atoms with Gasteiger partial charge in [0.1, 0.15) is 5.69 Å². The van der Waals surface area contributed by atoms with Gasteiger partial charge < -0.3 is 10.3 Å². The number of rotatable bonds is 6. The first-order valence-corrected chi connectivity index (χ1v) is 8.48. The maximum atomic E-state index is 12.5. The van der Waals surface area contributed by atoms with E-state index in [1.54, 1.807) is 18.5 Å². The van der Waals surface area contributed by atoms with Crippen LogP contribution in [0.1, 0.15) is 34.6 Å². The Morgan fingerprint density at radius 2 is 2.15 bits per heavy atom. The van der Waals surface area contributed by atoms with Crippen LogP contribution in [0.4, 0.5) is 0 Å². The summed E-state index contributed by atoms with van der Waals surface area (Å²) in [7, 11) is 0. The Morgan fingerprint density at radius 3 is 2.93 bits per heavy atom. The van der Waals surface area contributed by atoms with Gasteiger partial charge in [-0.05, 0) is 23.8 Å². The van der Waals surface area contributed by atoms with E-state index in [1.807, 2.05) is 36.0 Å². The van der Waals surface area contributed by atoms with Crippen LogP contribution in [-0.4, -0.2) is 41.3 Å². The summed E-state index contributed by atoms with van der Waals surface area (Å²) >= 11 is 0. The van der Waals surface area contributed by atoms with Crippen LogP contribution < -0.4 is 5.32 Å². The highest BCUT2D eigenvalue weighted by atomic mass is 16.1. The minimum Gasteiger partial charge on any atom is -0.356 e. The van der Waals surface area contributed by atoms with Crippen molar-refractivity contribution in [1.29, 1.82) is 0 Å². The number of nitrogens with zero attached hydrogens (tertiary/aromatic N) is 5. The van der Waals surface area contributed by atoms with Crippen molar-refractivity contribution in [2.24, 2.45) is 0 Å². The van der Waals surface area contributed by atoms with E-state index in [2.05, 4.69) is 48.2 Å². The van der Waals surface area contributed by atoms with Gasteiger partial charge in [-0.15, -0.1) is 10.2 Å². The molecule has 0 saturated heterocycles. The zero-order valence-electron chi connectivity index (χ0n) is 14.6. The Balaban J connectivity index is 1.40. The molecule has 1 atom stereocenters. The molecule has 0 spiro atoms. The van der Waals surface area contributed by atoms with Gasteiger partial charge >= 0.3 is 0 Å². The van der Waals surface area contributed by atoms with E-state index >= 15 is 0 Å². The van der Waals surface area contributed by atoms with Crippen LogP contribution in [0, 0.1) is 0 Å². The van der Waals surface area contributed by atoms with Crippen molar-refractivity contribution in [2.45, 2.75) is 19.5 Å². The van der Waals surface area contributed by atoms with Crippen molar-refractivity contribution in [1.82, 2.24) is 40.7 Å². The highest BCUT2D eigenvalue weighted by molar-refractivity contribution is 5.93. The Bertz CT molecular complexity index is 1020. The zero-order chi connectivity index (χ0) is 18.6. The predicted molar refractivity (Wildman–Crippen MR) is 97.6 cm³/mol. The molecular weight excluding hydrogens is 344 g/mol. The molecular formula is C18H18N8O. The van der Waals surface area contributed by atoms with E-state index in [1.165, 1.54) is 5.56 Å². The summed E-state index contributed by atoms with van der Waals surface area (Å²) in [5.41, 5.74) is 3.23. The van der Waals surface area contributed by atoms with E-state index in [9.17, 15) is 4.79 Å². The van der Waals surface area contributed by atoms with Gasteiger partial charge in [-0.1, -0.05) is 30.3 Å². The molecule has 136 valence electrons. The number of H-pyrrole nitrogens is 2. The maximum Gasteiger partial charge on any atom is 0.268 e. The Labute approximate surface area is 154 Å². The fraction of sp³-hybridized carbons (Fsp3) is 0.167. The lowest BCUT2D eigenvalue weighted by atomic mass is 10.2. The quantitative estimate of drug-likeness (QED) is 0.484. The minimum absolute atomic E-state index is 0.182. The van der Waals surface area contributed by atoms with Crippen molar-refractivity contribution in [3.05, 3.63) is 71.8 Å². The highest BCUT2D eigenvalue weighted by Crippen LogP contribution is 2.16. The molecule has 0 aliphatic rings. The molecule has 0 fully saturated rings. The summed E-state index contributed by atoms with van der Waals surface area (Å²) in [6.45, 7) is 2.61. The molecule has 27 heavy (non-hydrogen) atoms. The number of carbonyl (C=O) groups is 1. The molecule has 0 aliphatic heterocycles. The van der Waals surface area contributed by atoms with E-state index in [0.717, 1.165) is 5.56 Å². The lowest BCUT2D eigenvalue weighted by Crippen LogP contribution is -2.26. The zero-order valence-corrected chi connectivity index (χ0v) is 14.6. The summed E-state index contributed by atoms with van der Waals surface area (Å²) in [5, 5.41) is 21.0. The average molecular weight is 362 g/mol. The third kappa shape index (κ3) is 3.76. The van der Waals surface area contributed by atoms with E-state index in [4.69, 9.17) is 0 Å². The Morgan fingerprint density at radius 1 is 1.30 bits per heavy atom. The van der Waals surface area contributed by atoms with Gasteiger partial charge in [0.15, 0.2) is 0 Å². The largest absolute Gasteiger partial charge is 0.356 e. The average Bonchev–Trinajstić information content (AvgIpc) is 3.43. The molecule has 4 rings (SSSR count). The molecule has 9 nitrogen and oxygen atoms in total. The summed E-state index contributed by atoms with van der Waals surface area (Å²) in [4.78, 5) is 15.4. The third-order valence-electron chi connectivity index (χ3n) is 4.22. The number of tetrazole rings is 1. The molecule has 3 N–H and O–H groups in total. The normalized spacial score (nSPS) is 12.0. The van der Waals surface area contributed by atoms with Crippen LogP contribution in [0.5, 0.6) is 0 Å². The van der Waals surface area contributed by atoms with Crippen molar-refractivity contribution < 1.29 is 4.79 Å². The molecule has 1 aromatic carbocycles. The first-order valence-electron chi connectivity index (χ1n) is 8.48. The molecule has 0 saturated carbocycles. The van der Waals surface area contributed by atoms with Gasteiger partial charge in [-0.2, -0.15) is 10.3 Å². The number of amides is 1. The standard InChI is InChI=1S/C18H18N8O/c1-12(15-9-20-26(11-15)10-13-5-3-2-4-6-13)21-18(27)16-7-14(8-19-16)17-22-24-25-23-17/h2-9,11-12,19H,10H2,1H3,(H,21,27)(H,22,23,24,25). The van der Waals surface area contributed by atoms with Crippen LogP contribution in [0.25, 0.3) is 11.4 Å². The fourth-order valence-corrected chi connectivity index (χ4v) is 2.76. The second-order valence-electron chi connectivity index (χ2n) is 6.19. The van der Waals surface area contributed by atoms with Crippen LogP contribution in [0.2, 0.25) is 0 Å². The number of hydrogen-bond acceptors (Lipinski definition) is 5. The van der Waals surface area contributed by atoms with Crippen molar-refractivity contribution in [2.75, 3.05) is 0 Å². The first-order chi connectivity index (χ1) is 13.2. The van der Waals surface area contributed by atoms with Crippen molar-refractivity contribution in [3.8, 4) is 11.4 Å². The number of carbonyl (C=O) groups excluding carboxylic acids is 1. The van der Waals surface area contributed by atoms with Gasteiger partial charge in [0.05, 0.1) is 18.8 Å². The maximum absolute atomic E-state index is 12.5. The smallest absolute Gasteiger partial charge is 0.268 e. The van der Waals surface area contributed by atoms with Gasteiger partial charge in [-0.3, -0.25) is 9.48 Å². The Kier molecular flexibility index (Phi) is 4.48. The number of hydrogen-bond donors (Lipinski definition) is 3. The number of benzene rings is 1. The summed E-state index contributed by atoms with van der Waals surface area (Å²) in [6, 6.07) is 11.6. The minimum atomic E-state index is -0.215. The molecule has 0 aliphatic carbocycles. The predicted octanol–water partition coefficient (Wildman–Crippen LogP) is 1.93. The summed E-state index contributed by atoms with van der Waals surface area (Å²) in [6.07, 6.45) is 5.38. The molecule has 3 aromatic heterocycles. The topological polar surface area (TPSA) is 117 Å². The van der Waals surface area contributed by atoms with Crippen molar-refractivity contribution in [3.63, 3.8) is 0 Å². The van der Waals surface area contributed by atoms with Crippen LogP contribution in [0.3, 0.4) is 0 Å². The molecule has 1 amide bonds. The number of aromatic nitrogens is 7. The lowest BCUT2D eigenvalue weighted by molar-refractivity contribution is 0.0935. The molecule has 3 heterocycles. The highest BCUT2D eigenvalue weighted by Gasteiger charge is 2.16. The van der Waals surface area contributed by atoms with E-state index in [-0.39, 0.29) is 11.9 Å². The molecule has 1 unspecified atom stereocenters. The molecule has 0 bridgehead atoms. The lowest BCUT2D eigenvalue weighted by Gasteiger charge is -2.11.